The fourth-order valence-corrected chi connectivity index (χ4v) is 4.23. The van der Waals surface area contributed by atoms with Crippen molar-refractivity contribution < 1.29 is 13.2 Å². The number of benzene rings is 1. The molecular formula is C21H23F3N4. The van der Waals surface area contributed by atoms with Crippen LogP contribution in [-0.2, 0) is 19.8 Å². The summed E-state index contributed by atoms with van der Waals surface area (Å²) in [5.41, 5.74) is 2.37. The van der Waals surface area contributed by atoms with Gasteiger partial charge in [-0.15, -0.1) is 0 Å². The van der Waals surface area contributed by atoms with E-state index in [-0.39, 0.29) is 5.92 Å². The molecule has 1 aliphatic heterocycles. The zero-order chi connectivity index (χ0) is 19.9. The number of hydrogen-bond donors (Lipinski definition) is 0. The van der Waals surface area contributed by atoms with E-state index in [2.05, 4.69) is 21.4 Å². The summed E-state index contributed by atoms with van der Waals surface area (Å²) in [6.45, 7) is 4.73. The number of pyridine rings is 1. The summed E-state index contributed by atoms with van der Waals surface area (Å²) in [5.74, 6) is 1.65. The van der Waals surface area contributed by atoms with E-state index in [9.17, 15) is 13.2 Å². The standard InChI is InChI=1S/C21H23F3N4/c1-14-12-28(13-20-26-18-11-25-9-7-19(18)27(20)2)10-8-17(14)15-3-5-16(6-4-15)21(22,23)24/h3-7,9,11,14,17H,8,10,12-13H2,1-2H3/t14-,17+/m0/s1. The molecule has 0 unspecified atom stereocenters. The quantitative estimate of drug-likeness (QED) is 0.657. The molecule has 0 bridgehead atoms. The second kappa shape index (κ2) is 7.20. The fraction of sp³-hybridized carbons (Fsp3) is 0.429. The van der Waals surface area contributed by atoms with Crippen molar-refractivity contribution >= 4 is 11.0 Å². The maximum Gasteiger partial charge on any atom is 0.416 e. The zero-order valence-electron chi connectivity index (χ0n) is 15.9. The average molecular weight is 388 g/mol. The van der Waals surface area contributed by atoms with Crippen LogP contribution in [0.2, 0.25) is 0 Å². The molecule has 7 heteroatoms. The van der Waals surface area contributed by atoms with Crippen molar-refractivity contribution in [2.24, 2.45) is 13.0 Å². The lowest BCUT2D eigenvalue weighted by Crippen LogP contribution is -2.38. The Morgan fingerprint density at radius 2 is 1.89 bits per heavy atom. The summed E-state index contributed by atoms with van der Waals surface area (Å²) in [5, 5.41) is 0. The van der Waals surface area contributed by atoms with Gasteiger partial charge in [-0.2, -0.15) is 13.2 Å². The van der Waals surface area contributed by atoms with Crippen LogP contribution in [0, 0.1) is 5.92 Å². The topological polar surface area (TPSA) is 34.0 Å². The van der Waals surface area contributed by atoms with Gasteiger partial charge in [0.15, 0.2) is 0 Å². The number of alkyl halides is 3. The third-order valence-corrected chi connectivity index (χ3v) is 5.80. The van der Waals surface area contributed by atoms with Crippen molar-refractivity contribution in [2.75, 3.05) is 13.1 Å². The summed E-state index contributed by atoms with van der Waals surface area (Å²) in [4.78, 5) is 11.2. The lowest BCUT2D eigenvalue weighted by Gasteiger charge is -2.37. The van der Waals surface area contributed by atoms with Gasteiger partial charge < -0.3 is 4.57 Å². The lowest BCUT2D eigenvalue weighted by molar-refractivity contribution is -0.137. The number of rotatable bonds is 3. The monoisotopic (exact) mass is 388 g/mol. The molecule has 3 heterocycles. The largest absolute Gasteiger partial charge is 0.416 e. The maximum atomic E-state index is 12.8. The summed E-state index contributed by atoms with van der Waals surface area (Å²) < 4.78 is 40.5. The Kier molecular flexibility index (Phi) is 4.87. The molecule has 0 N–H and O–H groups in total. The number of hydrogen-bond acceptors (Lipinski definition) is 3. The van der Waals surface area contributed by atoms with E-state index in [1.54, 1.807) is 24.5 Å². The van der Waals surface area contributed by atoms with Gasteiger partial charge in [-0.1, -0.05) is 19.1 Å². The number of fused-ring (bicyclic) bond motifs is 1. The number of halogens is 3. The molecule has 0 saturated carbocycles. The number of likely N-dealkylation sites (tertiary alicyclic amines) is 1. The minimum Gasteiger partial charge on any atom is -0.330 e. The summed E-state index contributed by atoms with van der Waals surface area (Å²) in [6.07, 6.45) is 0.191. The predicted octanol–water partition coefficient (Wildman–Crippen LogP) is 4.61. The van der Waals surface area contributed by atoms with Gasteiger partial charge >= 0.3 is 6.18 Å². The van der Waals surface area contributed by atoms with Crippen LogP contribution >= 0.6 is 0 Å². The summed E-state index contributed by atoms with van der Waals surface area (Å²) in [7, 11) is 2.02. The van der Waals surface area contributed by atoms with Gasteiger partial charge in [0, 0.05) is 19.8 Å². The molecule has 0 amide bonds. The van der Waals surface area contributed by atoms with E-state index >= 15 is 0 Å². The SMILES string of the molecule is C[C@H]1CN(Cc2nc3cnccc3n2C)CC[C@H]1c1ccc(C(F)(F)F)cc1. The third kappa shape index (κ3) is 3.63. The first kappa shape index (κ1) is 18.9. The molecule has 0 radical (unpaired) electrons. The molecule has 1 saturated heterocycles. The molecule has 1 aromatic carbocycles. The molecule has 0 aliphatic carbocycles. The number of piperidine rings is 1. The Morgan fingerprint density at radius 1 is 1.14 bits per heavy atom. The fourth-order valence-electron chi connectivity index (χ4n) is 4.23. The summed E-state index contributed by atoms with van der Waals surface area (Å²) >= 11 is 0. The number of nitrogens with zero attached hydrogens (tertiary/aromatic N) is 4. The van der Waals surface area contributed by atoms with E-state index < -0.39 is 11.7 Å². The Hall–Kier alpha value is -2.41. The lowest BCUT2D eigenvalue weighted by atomic mass is 9.81. The first-order valence-corrected chi connectivity index (χ1v) is 9.48. The van der Waals surface area contributed by atoms with Crippen LogP contribution < -0.4 is 0 Å². The number of aromatic nitrogens is 3. The van der Waals surface area contributed by atoms with E-state index in [4.69, 9.17) is 4.98 Å². The van der Waals surface area contributed by atoms with Crippen LogP contribution in [0.15, 0.2) is 42.7 Å². The molecule has 3 aromatic rings. The summed E-state index contributed by atoms with van der Waals surface area (Å²) in [6, 6.07) is 7.63. The maximum absolute atomic E-state index is 12.8. The molecule has 28 heavy (non-hydrogen) atoms. The van der Waals surface area contributed by atoms with Gasteiger partial charge in [-0.05, 0) is 48.6 Å². The van der Waals surface area contributed by atoms with E-state index in [0.717, 1.165) is 48.5 Å². The van der Waals surface area contributed by atoms with Crippen LogP contribution in [0.3, 0.4) is 0 Å². The van der Waals surface area contributed by atoms with E-state index in [1.165, 1.54) is 12.1 Å². The molecule has 1 fully saturated rings. The normalized spacial score (nSPS) is 21.3. The van der Waals surface area contributed by atoms with Crippen molar-refractivity contribution in [2.45, 2.75) is 32.0 Å². The van der Waals surface area contributed by atoms with Crippen LogP contribution in [0.4, 0.5) is 13.2 Å². The van der Waals surface area contributed by atoms with Crippen LogP contribution in [0.1, 0.15) is 36.2 Å². The third-order valence-electron chi connectivity index (χ3n) is 5.80. The highest BCUT2D eigenvalue weighted by Crippen LogP contribution is 2.35. The van der Waals surface area contributed by atoms with Gasteiger partial charge in [-0.3, -0.25) is 9.88 Å². The highest BCUT2D eigenvalue weighted by atomic mass is 19.4. The second-order valence-electron chi connectivity index (χ2n) is 7.68. The molecule has 4 rings (SSSR count). The average Bonchev–Trinajstić information content (AvgIpc) is 2.97. The molecular weight excluding hydrogens is 365 g/mol. The number of aryl methyl sites for hydroxylation is 1. The Labute approximate surface area is 162 Å². The number of imidazole rings is 1. The Morgan fingerprint density at radius 3 is 2.54 bits per heavy atom. The van der Waals surface area contributed by atoms with Crippen LogP contribution in [-0.4, -0.2) is 32.5 Å². The highest BCUT2D eigenvalue weighted by molar-refractivity contribution is 5.74. The first-order chi connectivity index (χ1) is 13.3. The first-order valence-electron chi connectivity index (χ1n) is 9.48. The van der Waals surface area contributed by atoms with Crippen molar-refractivity contribution in [3.8, 4) is 0 Å². The van der Waals surface area contributed by atoms with Crippen molar-refractivity contribution in [1.29, 1.82) is 0 Å². The highest BCUT2D eigenvalue weighted by Gasteiger charge is 2.32. The van der Waals surface area contributed by atoms with Gasteiger partial charge in [0.1, 0.15) is 11.3 Å². The minimum absolute atomic E-state index is 0.281. The molecule has 148 valence electrons. The second-order valence-corrected chi connectivity index (χ2v) is 7.68. The predicted molar refractivity (Wildman–Crippen MR) is 102 cm³/mol. The smallest absolute Gasteiger partial charge is 0.330 e. The molecule has 1 aliphatic rings. The Balaban J connectivity index is 1.44. The van der Waals surface area contributed by atoms with Gasteiger partial charge in [-0.25, -0.2) is 4.98 Å². The van der Waals surface area contributed by atoms with Gasteiger partial charge in [0.2, 0.25) is 0 Å². The van der Waals surface area contributed by atoms with Gasteiger partial charge in [0.25, 0.3) is 0 Å². The van der Waals surface area contributed by atoms with Crippen LogP contribution in [0.5, 0.6) is 0 Å². The molecule has 2 aromatic heterocycles. The van der Waals surface area contributed by atoms with Gasteiger partial charge in [0.05, 0.1) is 23.8 Å². The van der Waals surface area contributed by atoms with Crippen molar-refractivity contribution in [3.05, 3.63) is 59.7 Å². The molecule has 4 nitrogen and oxygen atoms in total. The molecule has 2 atom stereocenters. The minimum atomic E-state index is -4.28. The van der Waals surface area contributed by atoms with Crippen molar-refractivity contribution in [1.82, 2.24) is 19.4 Å². The van der Waals surface area contributed by atoms with Crippen LogP contribution in [0.25, 0.3) is 11.0 Å². The Bertz CT molecular complexity index is 962. The molecule has 0 spiro atoms. The van der Waals surface area contributed by atoms with Crippen molar-refractivity contribution in [3.63, 3.8) is 0 Å². The van der Waals surface area contributed by atoms with E-state index in [0.29, 0.717) is 5.92 Å². The zero-order valence-corrected chi connectivity index (χ0v) is 15.9. The van der Waals surface area contributed by atoms with E-state index in [1.807, 2.05) is 13.1 Å².